The van der Waals surface area contributed by atoms with Gasteiger partial charge in [-0.3, -0.25) is 9.69 Å². The maximum Gasteiger partial charge on any atom is 0.222 e. The summed E-state index contributed by atoms with van der Waals surface area (Å²) < 4.78 is 5.22. The fourth-order valence-electron chi connectivity index (χ4n) is 3.43. The second-order valence-electron chi connectivity index (χ2n) is 6.99. The molecular formula is C22H27ClN2O2. The third-order valence-corrected chi connectivity index (χ3v) is 5.30. The Morgan fingerprint density at radius 3 is 2.37 bits per heavy atom. The highest BCUT2D eigenvalue weighted by atomic mass is 35.5. The molecule has 4 nitrogen and oxygen atoms in total. The first-order chi connectivity index (χ1) is 13.1. The van der Waals surface area contributed by atoms with Crippen molar-refractivity contribution in [3.05, 3.63) is 64.7 Å². The lowest BCUT2D eigenvalue weighted by atomic mass is 10.1. The molecule has 1 heterocycles. The van der Waals surface area contributed by atoms with E-state index in [-0.39, 0.29) is 5.91 Å². The summed E-state index contributed by atoms with van der Waals surface area (Å²) in [4.78, 5) is 17.0. The van der Waals surface area contributed by atoms with Gasteiger partial charge in [0.25, 0.3) is 0 Å². The summed E-state index contributed by atoms with van der Waals surface area (Å²) in [5.74, 6) is 1.13. The zero-order valence-corrected chi connectivity index (χ0v) is 16.6. The van der Waals surface area contributed by atoms with Crippen molar-refractivity contribution >= 4 is 17.5 Å². The number of nitrogens with zero attached hydrogens (tertiary/aromatic N) is 2. The van der Waals surface area contributed by atoms with E-state index in [0.717, 1.165) is 61.9 Å². The standard InChI is InChI=1S/C22H27ClN2O2/c1-27-21-10-5-19(6-11-21)17-24-13-2-14-25(16-15-24)22(26)12-7-18-3-8-20(23)9-4-18/h3-6,8-11H,2,7,12-17H2,1H3. The highest BCUT2D eigenvalue weighted by Crippen LogP contribution is 2.15. The summed E-state index contributed by atoms with van der Waals surface area (Å²) in [6.45, 7) is 4.50. The summed E-state index contributed by atoms with van der Waals surface area (Å²) >= 11 is 5.91. The molecule has 1 saturated heterocycles. The highest BCUT2D eigenvalue weighted by molar-refractivity contribution is 6.30. The molecule has 0 radical (unpaired) electrons. The van der Waals surface area contributed by atoms with Gasteiger partial charge in [0, 0.05) is 44.2 Å². The van der Waals surface area contributed by atoms with Crippen molar-refractivity contribution in [2.75, 3.05) is 33.3 Å². The van der Waals surface area contributed by atoms with E-state index < -0.39 is 0 Å². The van der Waals surface area contributed by atoms with Crippen LogP contribution in [0.3, 0.4) is 0 Å². The molecule has 0 atom stereocenters. The van der Waals surface area contributed by atoms with Crippen molar-refractivity contribution < 1.29 is 9.53 Å². The quantitative estimate of drug-likeness (QED) is 0.751. The van der Waals surface area contributed by atoms with E-state index in [1.165, 1.54) is 5.56 Å². The molecule has 2 aromatic carbocycles. The van der Waals surface area contributed by atoms with Crippen molar-refractivity contribution in [3.63, 3.8) is 0 Å². The Morgan fingerprint density at radius 1 is 0.963 bits per heavy atom. The normalized spacial score (nSPS) is 15.4. The number of rotatable bonds is 6. The topological polar surface area (TPSA) is 32.8 Å². The minimum Gasteiger partial charge on any atom is -0.497 e. The maximum absolute atomic E-state index is 12.6. The summed E-state index contributed by atoms with van der Waals surface area (Å²) in [5, 5.41) is 0.731. The lowest BCUT2D eigenvalue weighted by Gasteiger charge is -2.22. The smallest absolute Gasteiger partial charge is 0.222 e. The summed E-state index contributed by atoms with van der Waals surface area (Å²) in [6.07, 6.45) is 2.34. The number of hydrogen-bond acceptors (Lipinski definition) is 3. The van der Waals surface area contributed by atoms with Crippen LogP contribution in [0.25, 0.3) is 0 Å². The van der Waals surface area contributed by atoms with Gasteiger partial charge in [-0.15, -0.1) is 0 Å². The van der Waals surface area contributed by atoms with Crippen LogP contribution in [0.15, 0.2) is 48.5 Å². The molecule has 1 aliphatic heterocycles. The zero-order chi connectivity index (χ0) is 19.1. The molecule has 0 N–H and O–H groups in total. The fraction of sp³-hybridized carbons (Fsp3) is 0.409. The largest absolute Gasteiger partial charge is 0.497 e. The SMILES string of the molecule is COc1ccc(CN2CCCN(C(=O)CCc3ccc(Cl)cc3)CC2)cc1. The number of benzene rings is 2. The average Bonchev–Trinajstić information content (AvgIpc) is 2.93. The van der Waals surface area contributed by atoms with Gasteiger partial charge in [-0.1, -0.05) is 35.9 Å². The van der Waals surface area contributed by atoms with Crippen LogP contribution in [0.5, 0.6) is 5.75 Å². The van der Waals surface area contributed by atoms with Gasteiger partial charge in [-0.25, -0.2) is 0 Å². The highest BCUT2D eigenvalue weighted by Gasteiger charge is 2.19. The summed E-state index contributed by atoms with van der Waals surface area (Å²) in [6, 6.07) is 16.0. The second-order valence-corrected chi connectivity index (χ2v) is 7.42. The molecule has 0 bridgehead atoms. The first kappa shape index (κ1) is 19.7. The second kappa shape index (κ2) is 9.77. The first-order valence-corrected chi connectivity index (χ1v) is 9.89. The van der Waals surface area contributed by atoms with Crippen molar-refractivity contribution in [1.82, 2.24) is 9.80 Å². The number of carbonyl (C=O) groups excluding carboxylic acids is 1. The lowest BCUT2D eigenvalue weighted by Crippen LogP contribution is -2.35. The maximum atomic E-state index is 12.6. The lowest BCUT2D eigenvalue weighted by molar-refractivity contribution is -0.131. The molecule has 0 saturated carbocycles. The molecule has 0 aromatic heterocycles. The molecule has 27 heavy (non-hydrogen) atoms. The van der Waals surface area contributed by atoms with Crippen LogP contribution in [0.4, 0.5) is 0 Å². The monoisotopic (exact) mass is 386 g/mol. The number of methoxy groups -OCH3 is 1. The third kappa shape index (κ3) is 5.98. The zero-order valence-electron chi connectivity index (χ0n) is 15.9. The van der Waals surface area contributed by atoms with E-state index >= 15 is 0 Å². The molecular weight excluding hydrogens is 360 g/mol. The van der Waals surface area contributed by atoms with E-state index in [9.17, 15) is 4.79 Å². The van der Waals surface area contributed by atoms with Gasteiger partial charge in [0.1, 0.15) is 5.75 Å². The number of ether oxygens (including phenoxy) is 1. The van der Waals surface area contributed by atoms with Gasteiger partial charge in [0.05, 0.1) is 7.11 Å². The van der Waals surface area contributed by atoms with Gasteiger partial charge < -0.3 is 9.64 Å². The fourth-order valence-corrected chi connectivity index (χ4v) is 3.55. The molecule has 0 unspecified atom stereocenters. The Morgan fingerprint density at radius 2 is 1.67 bits per heavy atom. The minimum absolute atomic E-state index is 0.247. The van der Waals surface area contributed by atoms with Crippen molar-refractivity contribution in [2.24, 2.45) is 0 Å². The van der Waals surface area contributed by atoms with Crippen LogP contribution in [0.1, 0.15) is 24.0 Å². The van der Waals surface area contributed by atoms with Gasteiger partial charge in [0.15, 0.2) is 0 Å². The molecule has 5 heteroatoms. The molecule has 1 fully saturated rings. The Kier molecular flexibility index (Phi) is 7.13. The predicted molar refractivity (Wildman–Crippen MR) is 109 cm³/mol. The van der Waals surface area contributed by atoms with Crippen molar-refractivity contribution in [1.29, 1.82) is 0 Å². The van der Waals surface area contributed by atoms with E-state index in [1.807, 2.05) is 41.3 Å². The van der Waals surface area contributed by atoms with Crippen LogP contribution in [0, 0.1) is 0 Å². The molecule has 3 rings (SSSR count). The number of amides is 1. The molecule has 1 amide bonds. The number of hydrogen-bond donors (Lipinski definition) is 0. The molecule has 1 aliphatic rings. The first-order valence-electron chi connectivity index (χ1n) is 9.51. The van der Waals surface area contributed by atoms with E-state index in [0.29, 0.717) is 6.42 Å². The van der Waals surface area contributed by atoms with Gasteiger partial charge >= 0.3 is 0 Å². The number of aryl methyl sites for hydroxylation is 1. The summed E-state index contributed by atoms with van der Waals surface area (Å²) in [5.41, 5.74) is 2.43. The summed E-state index contributed by atoms with van der Waals surface area (Å²) in [7, 11) is 1.68. The number of halogens is 1. The Labute approximate surface area is 166 Å². The Balaban J connectivity index is 1.46. The van der Waals surface area contributed by atoms with Crippen LogP contribution in [-0.4, -0.2) is 49.0 Å². The minimum atomic E-state index is 0.247. The van der Waals surface area contributed by atoms with Crippen LogP contribution in [-0.2, 0) is 17.8 Å². The van der Waals surface area contributed by atoms with Gasteiger partial charge in [-0.2, -0.15) is 0 Å². The predicted octanol–water partition coefficient (Wildman–Crippen LogP) is 4.02. The van der Waals surface area contributed by atoms with Crippen molar-refractivity contribution in [2.45, 2.75) is 25.8 Å². The Hall–Kier alpha value is -2.04. The van der Waals surface area contributed by atoms with E-state index in [2.05, 4.69) is 17.0 Å². The average molecular weight is 387 g/mol. The molecule has 144 valence electrons. The molecule has 0 aliphatic carbocycles. The van der Waals surface area contributed by atoms with Gasteiger partial charge in [0.2, 0.25) is 5.91 Å². The third-order valence-electron chi connectivity index (χ3n) is 5.05. The molecule has 0 spiro atoms. The number of carbonyl (C=O) groups is 1. The van der Waals surface area contributed by atoms with Crippen LogP contribution < -0.4 is 4.74 Å². The van der Waals surface area contributed by atoms with Crippen molar-refractivity contribution in [3.8, 4) is 5.75 Å². The molecule has 2 aromatic rings. The van der Waals surface area contributed by atoms with E-state index in [1.54, 1.807) is 7.11 Å². The van der Waals surface area contributed by atoms with Crippen LogP contribution in [0.2, 0.25) is 5.02 Å². The van der Waals surface area contributed by atoms with Crippen LogP contribution >= 0.6 is 11.6 Å². The van der Waals surface area contributed by atoms with E-state index in [4.69, 9.17) is 16.3 Å². The van der Waals surface area contributed by atoms with Gasteiger partial charge in [-0.05, 0) is 48.2 Å². The Bertz CT molecular complexity index is 731.